The zero-order valence-corrected chi connectivity index (χ0v) is 15.9. The molecule has 0 bridgehead atoms. The highest BCUT2D eigenvalue weighted by Crippen LogP contribution is 2.20. The number of halogens is 1. The molecule has 1 unspecified atom stereocenters. The molecule has 27 heavy (non-hydrogen) atoms. The number of carbonyl (C=O) groups excluding carboxylic acids is 2. The van der Waals surface area contributed by atoms with Crippen molar-refractivity contribution in [3.05, 3.63) is 47.2 Å². The van der Waals surface area contributed by atoms with Crippen molar-refractivity contribution in [3.63, 3.8) is 0 Å². The Morgan fingerprint density at radius 1 is 1.33 bits per heavy atom. The third-order valence-electron chi connectivity index (χ3n) is 4.70. The number of amides is 2. The molecular formula is C19H24ClN5O2. The van der Waals surface area contributed by atoms with E-state index in [0.717, 1.165) is 24.9 Å². The minimum atomic E-state index is -0.0794. The van der Waals surface area contributed by atoms with Gasteiger partial charge < -0.3 is 16.0 Å². The lowest BCUT2D eigenvalue weighted by molar-refractivity contribution is -0.121. The number of hydrogen-bond acceptors (Lipinski definition) is 4. The fourth-order valence-corrected chi connectivity index (χ4v) is 3.47. The van der Waals surface area contributed by atoms with Crippen molar-refractivity contribution in [3.8, 4) is 5.69 Å². The van der Waals surface area contributed by atoms with Gasteiger partial charge in [-0.25, -0.2) is 4.68 Å². The molecule has 1 aromatic heterocycles. The topological polar surface area (TPSA) is 93.2 Å². The van der Waals surface area contributed by atoms with Crippen molar-refractivity contribution >= 4 is 23.4 Å². The third kappa shape index (κ3) is 4.87. The number of piperidine rings is 1. The van der Waals surface area contributed by atoms with E-state index in [1.165, 1.54) is 0 Å². The Morgan fingerprint density at radius 3 is 2.96 bits per heavy atom. The highest BCUT2D eigenvalue weighted by molar-refractivity contribution is 6.30. The lowest BCUT2D eigenvalue weighted by Gasteiger charge is -2.35. The van der Waals surface area contributed by atoms with Crippen LogP contribution in [-0.4, -0.2) is 52.2 Å². The maximum atomic E-state index is 13.0. The van der Waals surface area contributed by atoms with E-state index in [0.29, 0.717) is 36.6 Å². The largest absolute Gasteiger partial charge is 0.354 e. The molecule has 0 saturated carbocycles. The van der Waals surface area contributed by atoms with Gasteiger partial charge in [0.2, 0.25) is 5.91 Å². The van der Waals surface area contributed by atoms with Crippen LogP contribution in [0.2, 0.25) is 5.02 Å². The molecule has 3 N–H and O–H groups in total. The first-order valence-corrected chi connectivity index (χ1v) is 9.54. The molecule has 8 heteroatoms. The number of nitrogens with one attached hydrogen (secondary N) is 1. The molecule has 0 aliphatic carbocycles. The molecule has 144 valence electrons. The monoisotopic (exact) mass is 389 g/mol. The third-order valence-corrected chi connectivity index (χ3v) is 4.93. The number of nitrogens with two attached hydrogens (primary N) is 1. The Balaban J connectivity index is 1.70. The van der Waals surface area contributed by atoms with Crippen molar-refractivity contribution in [2.24, 2.45) is 5.73 Å². The van der Waals surface area contributed by atoms with Crippen molar-refractivity contribution in [2.75, 3.05) is 19.6 Å². The van der Waals surface area contributed by atoms with Crippen LogP contribution in [0.4, 0.5) is 0 Å². The Kier molecular flexibility index (Phi) is 6.47. The quantitative estimate of drug-likeness (QED) is 0.790. The molecule has 1 saturated heterocycles. The summed E-state index contributed by atoms with van der Waals surface area (Å²) in [6.45, 7) is 1.45. The van der Waals surface area contributed by atoms with Gasteiger partial charge in [0.05, 0.1) is 17.4 Å². The van der Waals surface area contributed by atoms with E-state index in [-0.39, 0.29) is 17.9 Å². The second kappa shape index (κ2) is 9.01. The first kappa shape index (κ1) is 19.4. The number of hydrogen-bond donors (Lipinski definition) is 2. The summed E-state index contributed by atoms with van der Waals surface area (Å²) in [4.78, 5) is 26.5. The van der Waals surface area contributed by atoms with Gasteiger partial charge in [0.1, 0.15) is 0 Å². The van der Waals surface area contributed by atoms with Gasteiger partial charge >= 0.3 is 0 Å². The highest BCUT2D eigenvalue weighted by atomic mass is 35.5. The Bertz CT molecular complexity index is 807. The van der Waals surface area contributed by atoms with Gasteiger partial charge in [-0.2, -0.15) is 5.10 Å². The zero-order valence-electron chi connectivity index (χ0n) is 15.1. The van der Waals surface area contributed by atoms with Crippen molar-refractivity contribution in [1.29, 1.82) is 0 Å². The predicted molar refractivity (Wildman–Crippen MR) is 104 cm³/mol. The highest BCUT2D eigenvalue weighted by Gasteiger charge is 2.28. The van der Waals surface area contributed by atoms with Crippen molar-refractivity contribution in [2.45, 2.75) is 31.7 Å². The number of nitrogens with zero attached hydrogens (tertiary/aromatic N) is 3. The van der Waals surface area contributed by atoms with Gasteiger partial charge in [0.15, 0.2) is 0 Å². The summed E-state index contributed by atoms with van der Waals surface area (Å²) >= 11 is 6.03. The van der Waals surface area contributed by atoms with Gasteiger partial charge in [-0.1, -0.05) is 17.7 Å². The molecule has 2 amide bonds. The zero-order chi connectivity index (χ0) is 19.2. The average molecular weight is 390 g/mol. The second-order valence-corrected chi connectivity index (χ2v) is 7.08. The van der Waals surface area contributed by atoms with Gasteiger partial charge in [0, 0.05) is 43.3 Å². The maximum Gasteiger partial charge on any atom is 0.257 e. The van der Waals surface area contributed by atoms with E-state index in [2.05, 4.69) is 10.4 Å². The van der Waals surface area contributed by atoms with Crippen LogP contribution < -0.4 is 11.1 Å². The van der Waals surface area contributed by atoms with Crippen LogP contribution in [0.25, 0.3) is 5.69 Å². The molecule has 1 aromatic carbocycles. The number of benzene rings is 1. The van der Waals surface area contributed by atoms with E-state index in [9.17, 15) is 9.59 Å². The molecule has 0 spiro atoms. The average Bonchev–Trinajstić information content (AvgIpc) is 3.16. The summed E-state index contributed by atoms with van der Waals surface area (Å²) in [5.41, 5.74) is 6.73. The maximum absolute atomic E-state index is 13.0. The lowest BCUT2D eigenvalue weighted by atomic mass is 10.0. The molecule has 1 atom stereocenters. The van der Waals surface area contributed by atoms with Gasteiger partial charge in [-0.05, 0) is 37.5 Å². The van der Waals surface area contributed by atoms with Crippen LogP contribution >= 0.6 is 11.6 Å². The predicted octanol–water partition coefficient (Wildman–Crippen LogP) is 1.99. The second-order valence-electron chi connectivity index (χ2n) is 6.64. The first-order valence-electron chi connectivity index (χ1n) is 9.17. The number of likely N-dealkylation sites (tertiary alicyclic amines) is 1. The molecule has 2 heterocycles. The minimum Gasteiger partial charge on any atom is -0.354 e. The van der Waals surface area contributed by atoms with Crippen LogP contribution in [0, 0.1) is 0 Å². The summed E-state index contributed by atoms with van der Waals surface area (Å²) < 4.78 is 1.64. The lowest BCUT2D eigenvalue weighted by Crippen LogP contribution is -2.49. The summed E-state index contributed by atoms with van der Waals surface area (Å²) in [6, 6.07) is 7.29. The van der Waals surface area contributed by atoms with E-state index < -0.39 is 0 Å². The molecule has 1 aliphatic rings. The van der Waals surface area contributed by atoms with Gasteiger partial charge in [-0.15, -0.1) is 0 Å². The molecule has 3 rings (SSSR count). The summed E-state index contributed by atoms with van der Waals surface area (Å²) in [6.07, 6.45) is 6.46. The van der Waals surface area contributed by atoms with Gasteiger partial charge in [-0.3, -0.25) is 9.59 Å². The van der Waals surface area contributed by atoms with Crippen LogP contribution in [0.1, 0.15) is 36.0 Å². The van der Waals surface area contributed by atoms with Crippen LogP contribution in [-0.2, 0) is 4.79 Å². The molecular weight excluding hydrogens is 366 g/mol. The molecule has 7 nitrogen and oxygen atoms in total. The number of aromatic nitrogens is 2. The van der Waals surface area contributed by atoms with Crippen molar-refractivity contribution in [1.82, 2.24) is 20.0 Å². The van der Waals surface area contributed by atoms with Crippen LogP contribution in [0.3, 0.4) is 0 Å². The van der Waals surface area contributed by atoms with E-state index >= 15 is 0 Å². The normalized spacial score (nSPS) is 17.0. The van der Waals surface area contributed by atoms with E-state index in [1.807, 2.05) is 17.0 Å². The summed E-state index contributed by atoms with van der Waals surface area (Å²) in [7, 11) is 0. The van der Waals surface area contributed by atoms with Gasteiger partial charge in [0.25, 0.3) is 5.91 Å². The Labute approximate surface area is 163 Å². The molecule has 0 radical (unpaired) electrons. The molecule has 2 aromatic rings. The molecule has 1 fully saturated rings. The van der Waals surface area contributed by atoms with Crippen molar-refractivity contribution < 1.29 is 9.59 Å². The van der Waals surface area contributed by atoms with Crippen LogP contribution in [0.5, 0.6) is 0 Å². The Hall–Kier alpha value is -2.38. The smallest absolute Gasteiger partial charge is 0.257 e. The fraction of sp³-hybridized carbons (Fsp3) is 0.421. The van der Waals surface area contributed by atoms with Crippen LogP contribution in [0.15, 0.2) is 36.7 Å². The summed E-state index contributed by atoms with van der Waals surface area (Å²) in [5.74, 6) is -0.148. The van der Waals surface area contributed by atoms with E-state index in [4.69, 9.17) is 17.3 Å². The number of carbonyl (C=O) groups is 2. The van der Waals surface area contributed by atoms with E-state index in [1.54, 1.807) is 29.2 Å². The number of rotatable bonds is 6. The first-order chi connectivity index (χ1) is 13.1. The Morgan fingerprint density at radius 2 is 2.19 bits per heavy atom. The minimum absolute atomic E-state index is 0.0116. The SMILES string of the molecule is NCCC(=O)NCC1CCCCN1C(=O)c1cnn(-c2cccc(Cl)c2)c1. The fourth-order valence-electron chi connectivity index (χ4n) is 3.29. The summed E-state index contributed by atoms with van der Waals surface area (Å²) in [5, 5.41) is 7.78. The molecule has 1 aliphatic heterocycles. The standard InChI is InChI=1S/C19H24ClN5O2/c20-15-4-3-6-16(10-15)25-13-14(11-23-25)19(27)24-9-2-1-5-17(24)12-22-18(26)7-8-21/h3-4,6,10-11,13,17H,1-2,5,7-9,12,21H2,(H,22,26).